The summed E-state index contributed by atoms with van der Waals surface area (Å²) in [5.41, 5.74) is 3.40. The van der Waals surface area contributed by atoms with Crippen molar-refractivity contribution >= 4 is 45.8 Å². The summed E-state index contributed by atoms with van der Waals surface area (Å²) in [6.07, 6.45) is 0. The summed E-state index contributed by atoms with van der Waals surface area (Å²) < 4.78 is 5.62. The van der Waals surface area contributed by atoms with Crippen LogP contribution in [0.3, 0.4) is 0 Å². The molecule has 3 aromatic carbocycles. The molecule has 5 heteroatoms. The van der Waals surface area contributed by atoms with Gasteiger partial charge in [0.15, 0.2) is 0 Å². The third-order valence-corrected chi connectivity index (χ3v) is 5.40. The molecule has 0 N–H and O–H groups in total. The van der Waals surface area contributed by atoms with E-state index in [1.807, 2.05) is 43.3 Å². The van der Waals surface area contributed by atoms with Crippen LogP contribution < -0.4 is 5.63 Å². The SMILES string of the molecule is Cc1cc2oc(=O)c(-c3ccc(Cl)cc3Cl)c(-c3ccccc3)c2cc1Cl. The van der Waals surface area contributed by atoms with Crippen LogP contribution in [0, 0.1) is 6.92 Å². The summed E-state index contributed by atoms with van der Waals surface area (Å²) in [7, 11) is 0. The van der Waals surface area contributed by atoms with Gasteiger partial charge in [0, 0.05) is 26.6 Å². The third kappa shape index (κ3) is 3.25. The largest absolute Gasteiger partial charge is 0.422 e. The van der Waals surface area contributed by atoms with E-state index in [2.05, 4.69) is 0 Å². The maximum atomic E-state index is 13.0. The molecule has 4 rings (SSSR count). The summed E-state index contributed by atoms with van der Waals surface area (Å²) in [6.45, 7) is 1.87. The van der Waals surface area contributed by atoms with Gasteiger partial charge in [-0.2, -0.15) is 0 Å². The second-order valence-corrected chi connectivity index (χ2v) is 7.48. The molecule has 4 aromatic rings. The third-order valence-electron chi connectivity index (χ3n) is 4.45. The molecular formula is C22H13Cl3O2. The van der Waals surface area contributed by atoms with Gasteiger partial charge in [0.2, 0.25) is 0 Å². The molecule has 2 nitrogen and oxygen atoms in total. The van der Waals surface area contributed by atoms with Crippen LogP contribution in [0.5, 0.6) is 0 Å². The van der Waals surface area contributed by atoms with Crippen molar-refractivity contribution in [2.24, 2.45) is 0 Å². The fourth-order valence-corrected chi connectivity index (χ4v) is 3.83. The molecule has 0 aliphatic heterocycles. The first-order valence-electron chi connectivity index (χ1n) is 8.23. The Balaban J connectivity index is 2.20. The summed E-state index contributed by atoms with van der Waals surface area (Å²) in [5, 5.41) is 2.22. The summed E-state index contributed by atoms with van der Waals surface area (Å²) >= 11 is 18.8. The van der Waals surface area contributed by atoms with Crippen molar-refractivity contribution in [3.8, 4) is 22.3 Å². The minimum absolute atomic E-state index is 0.379. The van der Waals surface area contributed by atoms with Crippen molar-refractivity contribution in [2.75, 3.05) is 0 Å². The van der Waals surface area contributed by atoms with Gasteiger partial charge in [-0.15, -0.1) is 0 Å². The Labute approximate surface area is 170 Å². The fraction of sp³-hybridized carbons (Fsp3) is 0.0455. The molecule has 1 aromatic heterocycles. The van der Waals surface area contributed by atoms with Gasteiger partial charge in [-0.25, -0.2) is 4.79 Å². The number of hydrogen-bond donors (Lipinski definition) is 0. The van der Waals surface area contributed by atoms with E-state index < -0.39 is 5.63 Å². The average molecular weight is 416 g/mol. The van der Waals surface area contributed by atoms with E-state index in [1.54, 1.807) is 24.3 Å². The van der Waals surface area contributed by atoms with Crippen molar-refractivity contribution in [1.82, 2.24) is 0 Å². The number of rotatable bonds is 2. The normalized spacial score (nSPS) is 11.1. The average Bonchev–Trinajstić information content (AvgIpc) is 2.64. The molecule has 0 unspecified atom stereocenters. The molecule has 0 bridgehead atoms. The number of benzene rings is 3. The molecule has 0 spiro atoms. The van der Waals surface area contributed by atoms with Gasteiger partial charge in [0.1, 0.15) is 5.58 Å². The molecule has 0 saturated heterocycles. The van der Waals surface area contributed by atoms with Crippen LogP contribution in [0.4, 0.5) is 0 Å². The zero-order chi connectivity index (χ0) is 19.1. The Morgan fingerprint density at radius 1 is 0.815 bits per heavy atom. The number of aryl methyl sites for hydroxylation is 1. The van der Waals surface area contributed by atoms with E-state index in [4.69, 9.17) is 39.2 Å². The predicted molar refractivity (Wildman–Crippen MR) is 113 cm³/mol. The first kappa shape index (κ1) is 18.1. The van der Waals surface area contributed by atoms with Gasteiger partial charge in [0.25, 0.3) is 0 Å². The van der Waals surface area contributed by atoms with Crippen molar-refractivity contribution in [1.29, 1.82) is 0 Å². The van der Waals surface area contributed by atoms with E-state index >= 15 is 0 Å². The van der Waals surface area contributed by atoms with Crippen LogP contribution in [0.15, 0.2) is 69.9 Å². The smallest absolute Gasteiger partial charge is 0.344 e. The van der Waals surface area contributed by atoms with Gasteiger partial charge in [-0.05, 0) is 42.3 Å². The monoisotopic (exact) mass is 414 g/mol. The standard InChI is InChI=1S/C22H13Cl3O2/c1-12-9-19-16(11-17(12)24)20(13-5-3-2-4-6-13)21(22(26)27-19)15-8-7-14(23)10-18(15)25/h2-11H,1H3. The molecule has 0 aliphatic rings. The van der Waals surface area contributed by atoms with Gasteiger partial charge in [0.05, 0.1) is 10.6 Å². The van der Waals surface area contributed by atoms with E-state index in [-0.39, 0.29) is 0 Å². The van der Waals surface area contributed by atoms with Crippen LogP contribution in [0.1, 0.15) is 5.56 Å². The number of halogens is 3. The quantitative estimate of drug-likeness (QED) is 0.319. The topological polar surface area (TPSA) is 30.2 Å². The second-order valence-electron chi connectivity index (χ2n) is 6.23. The molecule has 27 heavy (non-hydrogen) atoms. The van der Waals surface area contributed by atoms with Crippen molar-refractivity contribution in [2.45, 2.75) is 6.92 Å². The lowest BCUT2D eigenvalue weighted by molar-refractivity contribution is 0.564. The first-order valence-corrected chi connectivity index (χ1v) is 9.37. The predicted octanol–water partition coefficient (Wildman–Crippen LogP) is 7.40. The highest BCUT2D eigenvalue weighted by Gasteiger charge is 2.20. The molecule has 0 fully saturated rings. The lowest BCUT2D eigenvalue weighted by atomic mass is 9.92. The van der Waals surface area contributed by atoms with E-state index in [1.165, 1.54) is 0 Å². The summed E-state index contributed by atoms with van der Waals surface area (Å²) in [5.74, 6) is 0. The molecule has 0 amide bonds. The van der Waals surface area contributed by atoms with Gasteiger partial charge < -0.3 is 4.42 Å². The molecule has 134 valence electrons. The maximum Gasteiger partial charge on any atom is 0.344 e. The van der Waals surface area contributed by atoms with Crippen molar-refractivity contribution < 1.29 is 4.42 Å². The Morgan fingerprint density at radius 3 is 2.26 bits per heavy atom. The lowest BCUT2D eigenvalue weighted by Gasteiger charge is -2.14. The molecule has 0 atom stereocenters. The van der Waals surface area contributed by atoms with Crippen LogP contribution >= 0.6 is 34.8 Å². The lowest BCUT2D eigenvalue weighted by Crippen LogP contribution is -2.06. The van der Waals surface area contributed by atoms with E-state index in [0.717, 1.165) is 22.1 Å². The first-order chi connectivity index (χ1) is 13.0. The Hall–Kier alpha value is -2.26. The molecule has 0 radical (unpaired) electrons. The Kier molecular flexibility index (Phi) is 4.73. The highest BCUT2D eigenvalue weighted by Crippen LogP contribution is 2.40. The highest BCUT2D eigenvalue weighted by molar-refractivity contribution is 6.36. The summed E-state index contributed by atoms with van der Waals surface area (Å²) in [4.78, 5) is 13.0. The number of hydrogen-bond acceptors (Lipinski definition) is 2. The van der Waals surface area contributed by atoms with Gasteiger partial charge in [-0.3, -0.25) is 0 Å². The maximum absolute atomic E-state index is 13.0. The van der Waals surface area contributed by atoms with Crippen molar-refractivity contribution in [3.63, 3.8) is 0 Å². The van der Waals surface area contributed by atoms with Crippen LogP contribution in [0.25, 0.3) is 33.2 Å². The highest BCUT2D eigenvalue weighted by atomic mass is 35.5. The van der Waals surface area contributed by atoms with E-state index in [9.17, 15) is 4.79 Å². The minimum Gasteiger partial charge on any atom is -0.422 e. The zero-order valence-electron chi connectivity index (χ0n) is 14.2. The fourth-order valence-electron chi connectivity index (χ4n) is 3.16. The molecule has 0 aliphatic carbocycles. The number of fused-ring (bicyclic) bond motifs is 1. The van der Waals surface area contributed by atoms with Crippen LogP contribution in [0.2, 0.25) is 15.1 Å². The zero-order valence-corrected chi connectivity index (χ0v) is 16.5. The second kappa shape index (κ2) is 7.05. The van der Waals surface area contributed by atoms with Crippen LogP contribution in [-0.2, 0) is 0 Å². The molecule has 1 heterocycles. The molecule has 0 saturated carbocycles. The van der Waals surface area contributed by atoms with E-state index in [0.29, 0.717) is 31.8 Å². The summed E-state index contributed by atoms with van der Waals surface area (Å²) in [6, 6.07) is 18.3. The van der Waals surface area contributed by atoms with Gasteiger partial charge in [-0.1, -0.05) is 71.2 Å². The minimum atomic E-state index is -0.465. The van der Waals surface area contributed by atoms with Gasteiger partial charge >= 0.3 is 5.63 Å². The Bertz CT molecular complexity index is 1230. The van der Waals surface area contributed by atoms with Crippen molar-refractivity contribution in [3.05, 3.63) is 91.7 Å². The Morgan fingerprint density at radius 2 is 1.56 bits per heavy atom. The molecular weight excluding hydrogens is 403 g/mol. The van der Waals surface area contributed by atoms with Crippen LogP contribution in [-0.4, -0.2) is 0 Å².